The zero-order valence-electron chi connectivity index (χ0n) is 48.3. The van der Waals surface area contributed by atoms with Crippen LogP contribution in [0.1, 0.15) is 277 Å². The summed E-state index contributed by atoms with van der Waals surface area (Å²) in [5, 5.41) is 0. The van der Waals surface area contributed by atoms with Crippen molar-refractivity contribution in [3.05, 3.63) is 60.8 Å². The fourth-order valence-electron chi connectivity index (χ4n) is 8.64. The van der Waals surface area contributed by atoms with Crippen molar-refractivity contribution in [3.63, 3.8) is 0 Å². The average molecular weight is 1050 g/mol. The fraction of sp³-hybridized carbons (Fsp3) is 0.810. The monoisotopic (exact) mass is 1050 g/mol. The van der Waals surface area contributed by atoms with Gasteiger partial charge < -0.3 is 27.9 Å². The molecule has 0 saturated carbocycles. The largest absolute Gasteiger partial charge is 0.756 e. The Labute approximate surface area is 451 Å². The summed E-state index contributed by atoms with van der Waals surface area (Å²) in [4.78, 5) is 37.8. The lowest BCUT2D eigenvalue weighted by atomic mass is 10.0. The Morgan fingerprint density at radius 1 is 0.438 bits per heavy atom. The molecular formula is C63H116NO8P. The Morgan fingerprint density at radius 2 is 0.781 bits per heavy atom. The summed E-state index contributed by atoms with van der Waals surface area (Å²) in [7, 11) is 1.13. The molecule has 0 radical (unpaired) electrons. The van der Waals surface area contributed by atoms with Gasteiger partial charge in [-0.1, -0.05) is 274 Å². The number of carbonyl (C=O) groups excluding carboxylic acids is 2. The van der Waals surface area contributed by atoms with Gasteiger partial charge in [-0.05, 0) is 51.4 Å². The van der Waals surface area contributed by atoms with Crippen molar-refractivity contribution in [1.82, 2.24) is 0 Å². The Bertz CT molecular complexity index is 1420. The van der Waals surface area contributed by atoms with Crippen molar-refractivity contribution in [1.29, 1.82) is 0 Å². The lowest BCUT2D eigenvalue weighted by Crippen LogP contribution is -2.37. The van der Waals surface area contributed by atoms with Gasteiger partial charge in [-0.2, -0.15) is 0 Å². The highest BCUT2D eigenvalue weighted by Crippen LogP contribution is 2.38. The molecule has 0 amide bonds. The minimum Gasteiger partial charge on any atom is -0.756 e. The van der Waals surface area contributed by atoms with Gasteiger partial charge >= 0.3 is 11.9 Å². The molecule has 0 bridgehead atoms. The highest BCUT2D eigenvalue weighted by molar-refractivity contribution is 7.45. The van der Waals surface area contributed by atoms with E-state index in [2.05, 4.69) is 68.5 Å². The molecule has 0 aliphatic rings. The molecule has 2 atom stereocenters. The molecule has 426 valence electrons. The lowest BCUT2D eigenvalue weighted by molar-refractivity contribution is -0.870. The number of carbonyl (C=O) groups is 2. The molecule has 10 heteroatoms. The van der Waals surface area contributed by atoms with E-state index in [1.54, 1.807) is 0 Å². The van der Waals surface area contributed by atoms with Crippen LogP contribution in [0.4, 0.5) is 0 Å². The number of unbranched alkanes of at least 4 members (excludes halogenated alkanes) is 32. The van der Waals surface area contributed by atoms with Gasteiger partial charge in [0.1, 0.15) is 19.8 Å². The molecular weight excluding hydrogens is 930 g/mol. The predicted molar refractivity (Wildman–Crippen MR) is 310 cm³/mol. The van der Waals surface area contributed by atoms with Crippen molar-refractivity contribution in [2.24, 2.45) is 0 Å². The maximum atomic E-state index is 12.7. The van der Waals surface area contributed by atoms with E-state index in [-0.39, 0.29) is 26.1 Å². The molecule has 0 spiro atoms. The number of rotatable bonds is 56. The third kappa shape index (κ3) is 58.8. The zero-order chi connectivity index (χ0) is 53.5. The molecule has 0 N–H and O–H groups in total. The summed E-state index contributed by atoms with van der Waals surface area (Å²) in [5.74, 6) is -0.894. The van der Waals surface area contributed by atoms with E-state index in [0.29, 0.717) is 23.9 Å². The number of phosphoric ester groups is 1. The second kappa shape index (κ2) is 54.5. The van der Waals surface area contributed by atoms with Crippen LogP contribution in [-0.4, -0.2) is 70.0 Å². The maximum Gasteiger partial charge on any atom is 0.306 e. The lowest BCUT2D eigenvalue weighted by Gasteiger charge is -2.28. The van der Waals surface area contributed by atoms with Crippen molar-refractivity contribution in [2.75, 3.05) is 47.5 Å². The third-order valence-corrected chi connectivity index (χ3v) is 14.3. The van der Waals surface area contributed by atoms with E-state index in [9.17, 15) is 19.0 Å². The second-order valence-electron chi connectivity index (χ2n) is 21.7. The van der Waals surface area contributed by atoms with Gasteiger partial charge in [0.25, 0.3) is 7.82 Å². The number of nitrogens with zero attached hydrogens (tertiary/aromatic N) is 1. The van der Waals surface area contributed by atoms with Crippen LogP contribution in [-0.2, 0) is 32.7 Å². The summed E-state index contributed by atoms with van der Waals surface area (Å²) in [5.41, 5.74) is 0. The van der Waals surface area contributed by atoms with Crippen molar-refractivity contribution in [3.8, 4) is 0 Å². The van der Waals surface area contributed by atoms with Gasteiger partial charge in [0.2, 0.25) is 0 Å². The van der Waals surface area contributed by atoms with Crippen LogP contribution >= 0.6 is 7.82 Å². The Hall–Kier alpha value is -2.29. The number of ether oxygens (including phenoxy) is 2. The molecule has 73 heavy (non-hydrogen) atoms. The fourth-order valence-corrected chi connectivity index (χ4v) is 9.36. The number of quaternary nitrogens is 1. The number of hydrogen-bond donors (Lipinski definition) is 0. The van der Waals surface area contributed by atoms with Crippen LogP contribution in [0.5, 0.6) is 0 Å². The minimum absolute atomic E-state index is 0.0424. The SMILES string of the molecule is CC/C=C\C/C=C\C/C=C\C/C=C\C/C=C\CCCC(=O)OC(COC(=O)CCCCCCCCCCCCCCCCCCCCCCCCCCCCCCCCCC)COP(=O)([O-])OCC[N+](C)(C)C. The molecule has 0 aromatic carbocycles. The molecule has 0 heterocycles. The molecule has 9 nitrogen and oxygen atoms in total. The first-order valence-corrected chi connectivity index (χ1v) is 32.0. The highest BCUT2D eigenvalue weighted by Gasteiger charge is 2.21. The van der Waals surface area contributed by atoms with Crippen LogP contribution in [0.3, 0.4) is 0 Å². The van der Waals surface area contributed by atoms with Crippen LogP contribution in [0.25, 0.3) is 0 Å². The maximum absolute atomic E-state index is 12.7. The van der Waals surface area contributed by atoms with Crippen molar-refractivity contribution in [2.45, 2.75) is 283 Å². The van der Waals surface area contributed by atoms with Gasteiger partial charge in [0.05, 0.1) is 27.7 Å². The van der Waals surface area contributed by atoms with E-state index < -0.39 is 32.5 Å². The summed E-state index contributed by atoms with van der Waals surface area (Å²) in [6, 6.07) is 0. The van der Waals surface area contributed by atoms with Crippen molar-refractivity contribution < 1.29 is 42.1 Å². The zero-order valence-corrected chi connectivity index (χ0v) is 49.2. The average Bonchev–Trinajstić information content (AvgIpc) is 3.35. The smallest absolute Gasteiger partial charge is 0.306 e. The van der Waals surface area contributed by atoms with Gasteiger partial charge in [0, 0.05) is 12.8 Å². The third-order valence-electron chi connectivity index (χ3n) is 13.3. The van der Waals surface area contributed by atoms with E-state index in [0.717, 1.165) is 51.4 Å². The Balaban J connectivity index is 4.04. The molecule has 2 unspecified atom stereocenters. The van der Waals surface area contributed by atoms with E-state index in [1.165, 1.54) is 186 Å². The molecule has 0 aromatic rings. The summed E-state index contributed by atoms with van der Waals surface area (Å²) in [6.07, 6.45) is 70.3. The minimum atomic E-state index is -4.65. The number of esters is 2. The summed E-state index contributed by atoms with van der Waals surface area (Å²) in [6.45, 7) is 4.09. The molecule has 0 fully saturated rings. The number of likely N-dealkylation sites (N-methyl/N-ethyl adjacent to an activating group) is 1. The van der Waals surface area contributed by atoms with Crippen LogP contribution < -0.4 is 4.89 Å². The molecule has 0 aliphatic heterocycles. The number of hydrogen-bond acceptors (Lipinski definition) is 8. The first-order chi connectivity index (χ1) is 35.5. The first kappa shape index (κ1) is 70.7. The molecule has 0 saturated heterocycles. The van der Waals surface area contributed by atoms with Crippen LogP contribution in [0.2, 0.25) is 0 Å². The van der Waals surface area contributed by atoms with Gasteiger partial charge in [0.15, 0.2) is 6.10 Å². The first-order valence-electron chi connectivity index (χ1n) is 30.5. The molecule has 0 rings (SSSR count). The van der Waals surface area contributed by atoms with Crippen LogP contribution in [0, 0.1) is 0 Å². The van der Waals surface area contributed by atoms with E-state index in [1.807, 2.05) is 27.2 Å². The number of allylic oxidation sites excluding steroid dienone is 10. The highest BCUT2D eigenvalue weighted by atomic mass is 31.2. The van der Waals surface area contributed by atoms with E-state index in [4.69, 9.17) is 18.5 Å². The van der Waals surface area contributed by atoms with Crippen molar-refractivity contribution >= 4 is 19.8 Å². The topological polar surface area (TPSA) is 111 Å². The van der Waals surface area contributed by atoms with Gasteiger partial charge in [-0.3, -0.25) is 14.2 Å². The van der Waals surface area contributed by atoms with Gasteiger partial charge in [-0.25, -0.2) is 0 Å². The Morgan fingerprint density at radius 3 is 1.15 bits per heavy atom. The molecule has 0 aliphatic carbocycles. The summed E-state index contributed by atoms with van der Waals surface area (Å²) >= 11 is 0. The normalized spacial score (nSPS) is 13.7. The van der Waals surface area contributed by atoms with Gasteiger partial charge in [-0.15, -0.1) is 0 Å². The summed E-state index contributed by atoms with van der Waals surface area (Å²) < 4.78 is 34.1. The number of phosphoric acid groups is 1. The van der Waals surface area contributed by atoms with Crippen LogP contribution in [0.15, 0.2) is 60.8 Å². The molecule has 0 aromatic heterocycles. The quantitative estimate of drug-likeness (QED) is 0.0195. The second-order valence-corrected chi connectivity index (χ2v) is 23.1. The predicted octanol–water partition coefficient (Wildman–Crippen LogP) is 18.5. The standard InChI is InChI=1S/C63H116NO8P/c1-6-8-10-12-14-16-18-20-22-24-25-26-27-28-29-30-31-32-33-34-35-36-37-38-40-41-43-45-47-49-51-53-55-62(65)69-59-61(60-71-73(67,68)70-58-57-64(3,4)5)72-63(66)56-54-52-50-48-46-44-42-39-23-21-19-17-15-13-11-9-7-2/h9,11,15,17,21,23,42,44,48,50,61H,6-8,10,12-14,16,18-20,22,24-41,43,45-47,49,51-60H2,1-5H3/b11-9-,17-15-,23-21-,44-42-,50-48-. The van der Waals surface area contributed by atoms with E-state index >= 15 is 0 Å². The Kier molecular flexibility index (Phi) is 52.8.